The van der Waals surface area contributed by atoms with E-state index in [2.05, 4.69) is 38.0 Å². The first-order chi connectivity index (χ1) is 6.95. The van der Waals surface area contributed by atoms with Crippen LogP contribution in [0.3, 0.4) is 0 Å². The lowest BCUT2D eigenvalue weighted by Gasteiger charge is -2.06. The third kappa shape index (κ3) is 11.7. The van der Waals surface area contributed by atoms with Crippen LogP contribution in [0.25, 0.3) is 0 Å². The Morgan fingerprint density at radius 2 is 1.67 bits per heavy atom. The van der Waals surface area contributed by atoms with Gasteiger partial charge >= 0.3 is 0 Å². The number of hydrogen-bond donors (Lipinski definition) is 1. The van der Waals surface area contributed by atoms with Gasteiger partial charge in [-0.2, -0.15) is 0 Å². The van der Waals surface area contributed by atoms with Crippen molar-refractivity contribution in [2.45, 2.75) is 71.2 Å². The SMILES string of the molecule is CCCCCCCC(O)C#C[Si](C)(C)C. The molecule has 0 saturated heterocycles. The van der Waals surface area contributed by atoms with Crippen LogP contribution in [0.15, 0.2) is 0 Å². The summed E-state index contributed by atoms with van der Waals surface area (Å²) in [6.07, 6.45) is 6.69. The minimum Gasteiger partial charge on any atom is -0.380 e. The zero-order chi connectivity index (χ0) is 11.7. The molecule has 0 aliphatic rings. The van der Waals surface area contributed by atoms with Gasteiger partial charge in [0.25, 0.3) is 0 Å². The molecule has 2 heteroatoms. The molecule has 0 aliphatic carbocycles. The molecule has 15 heavy (non-hydrogen) atoms. The van der Waals surface area contributed by atoms with Gasteiger partial charge in [0.15, 0.2) is 0 Å². The van der Waals surface area contributed by atoms with E-state index in [0.29, 0.717) is 0 Å². The Bertz CT molecular complexity index is 207. The second-order valence-corrected chi connectivity index (χ2v) is 9.99. The molecule has 1 nitrogen and oxygen atoms in total. The predicted molar refractivity (Wildman–Crippen MR) is 70.5 cm³/mol. The molecule has 0 aromatic rings. The molecule has 0 aliphatic heterocycles. The van der Waals surface area contributed by atoms with Crippen LogP contribution in [-0.4, -0.2) is 19.3 Å². The highest BCUT2D eigenvalue weighted by molar-refractivity contribution is 6.83. The molecule has 0 saturated carbocycles. The molecule has 1 atom stereocenters. The van der Waals surface area contributed by atoms with E-state index < -0.39 is 14.2 Å². The van der Waals surface area contributed by atoms with E-state index in [9.17, 15) is 5.11 Å². The van der Waals surface area contributed by atoms with Crippen LogP contribution in [0.1, 0.15) is 45.4 Å². The molecule has 1 unspecified atom stereocenters. The first-order valence-electron chi connectivity index (χ1n) is 6.16. The van der Waals surface area contributed by atoms with Crippen molar-refractivity contribution in [3.63, 3.8) is 0 Å². The van der Waals surface area contributed by atoms with Crippen molar-refractivity contribution >= 4 is 8.07 Å². The van der Waals surface area contributed by atoms with Crippen LogP contribution in [0.2, 0.25) is 19.6 Å². The summed E-state index contributed by atoms with van der Waals surface area (Å²) in [4.78, 5) is 0. The number of hydrogen-bond acceptors (Lipinski definition) is 1. The van der Waals surface area contributed by atoms with Crippen LogP contribution in [0, 0.1) is 11.5 Å². The number of rotatable bonds is 6. The molecule has 0 radical (unpaired) electrons. The van der Waals surface area contributed by atoms with Gasteiger partial charge in [0, 0.05) is 0 Å². The second kappa shape index (κ2) is 7.96. The molecule has 0 spiro atoms. The Morgan fingerprint density at radius 3 is 2.20 bits per heavy atom. The molecule has 0 amide bonds. The van der Waals surface area contributed by atoms with E-state index in [4.69, 9.17) is 0 Å². The number of unbranched alkanes of at least 4 members (excludes halogenated alkanes) is 4. The van der Waals surface area contributed by atoms with E-state index >= 15 is 0 Å². The molecule has 0 bridgehead atoms. The van der Waals surface area contributed by atoms with E-state index in [1.807, 2.05) is 0 Å². The zero-order valence-electron chi connectivity index (χ0n) is 10.8. The molecule has 1 N–H and O–H groups in total. The summed E-state index contributed by atoms with van der Waals surface area (Å²) in [6.45, 7) is 8.82. The maximum absolute atomic E-state index is 9.62. The maximum atomic E-state index is 9.62. The Balaban J connectivity index is 3.56. The van der Waals surface area contributed by atoms with Gasteiger partial charge in [-0.3, -0.25) is 0 Å². The van der Waals surface area contributed by atoms with Gasteiger partial charge in [-0.15, -0.1) is 5.54 Å². The van der Waals surface area contributed by atoms with Crippen LogP contribution >= 0.6 is 0 Å². The molecule has 0 heterocycles. The summed E-state index contributed by atoms with van der Waals surface area (Å²) < 4.78 is 0. The Morgan fingerprint density at radius 1 is 1.07 bits per heavy atom. The minimum atomic E-state index is -1.30. The van der Waals surface area contributed by atoms with Gasteiger partial charge in [0.2, 0.25) is 0 Å². The molecule has 88 valence electrons. The van der Waals surface area contributed by atoms with Crippen molar-refractivity contribution in [2.24, 2.45) is 0 Å². The average Bonchev–Trinajstić information content (AvgIpc) is 2.13. The Hall–Kier alpha value is -0.263. The van der Waals surface area contributed by atoms with E-state index in [1.165, 1.54) is 25.7 Å². The van der Waals surface area contributed by atoms with Crippen molar-refractivity contribution in [3.8, 4) is 11.5 Å². The van der Waals surface area contributed by atoms with Gasteiger partial charge in [0.05, 0.1) is 0 Å². The fourth-order valence-corrected chi connectivity index (χ4v) is 1.91. The Kier molecular flexibility index (Phi) is 7.82. The highest BCUT2D eigenvalue weighted by Crippen LogP contribution is 2.07. The summed E-state index contributed by atoms with van der Waals surface area (Å²) in [5.74, 6) is 2.98. The smallest absolute Gasteiger partial charge is 0.129 e. The fraction of sp³-hybridized carbons (Fsp3) is 0.846. The highest BCUT2D eigenvalue weighted by atomic mass is 28.3. The van der Waals surface area contributed by atoms with Gasteiger partial charge in [-0.05, 0) is 12.8 Å². The standard InChI is InChI=1S/C13H26OSi/c1-5-6-7-8-9-10-13(14)11-12-15(2,3)4/h13-14H,5-10H2,1-4H3. The van der Waals surface area contributed by atoms with Crippen LogP contribution < -0.4 is 0 Å². The highest BCUT2D eigenvalue weighted by Gasteiger charge is 2.08. The lowest BCUT2D eigenvalue weighted by atomic mass is 10.1. The quantitative estimate of drug-likeness (QED) is 0.417. The third-order valence-corrected chi connectivity index (χ3v) is 3.09. The van der Waals surface area contributed by atoms with Gasteiger partial charge < -0.3 is 5.11 Å². The number of aliphatic hydroxyl groups is 1. The fourth-order valence-electron chi connectivity index (χ4n) is 1.31. The second-order valence-electron chi connectivity index (χ2n) is 5.24. The zero-order valence-corrected chi connectivity index (χ0v) is 11.8. The van der Waals surface area contributed by atoms with Crippen molar-refractivity contribution < 1.29 is 5.11 Å². The monoisotopic (exact) mass is 226 g/mol. The number of aliphatic hydroxyl groups excluding tert-OH is 1. The summed E-state index contributed by atoms with van der Waals surface area (Å²) in [5.41, 5.74) is 3.21. The largest absolute Gasteiger partial charge is 0.380 e. The minimum absolute atomic E-state index is 0.390. The summed E-state index contributed by atoms with van der Waals surface area (Å²) >= 11 is 0. The molecule has 0 rings (SSSR count). The van der Waals surface area contributed by atoms with Crippen LogP contribution in [0.5, 0.6) is 0 Å². The molecule has 0 aromatic heterocycles. The Labute approximate surface area is 96.3 Å². The van der Waals surface area contributed by atoms with Crippen molar-refractivity contribution in [1.29, 1.82) is 0 Å². The van der Waals surface area contributed by atoms with E-state index in [0.717, 1.165) is 12.8 Å². The van der Waals surface area contributed by atoms with Gasteiger partial charge in [-0.25, -0.2) is 0 Å². The normalized spacial score (nSPS) is 13.1. The summed E-state index contributed by atoms with van der Waals surface area (Å²) in [7, 11) is -1.30. The van der Waals surface area contributed by atoms with Crippen LogP contribution in [-0.2, 0) is 0 Å². The van der Waals surface area contributed by atoms with Crippen molar-refractivity contribution in [1.82, 2.24) is 0 Å². The van der Waals surface area contributed by atoms with E-state index in [-0.39, 0.29) is 0 Å². The topological polar surface area (TPSA) is 20.2 Å². The molecule has 0 fully saturated rings. The van der Waals surface area contributed by atoms with Crippen LogP contribution in [0.4, 0.5) is 0 Å². The first kappa shape index (κ1) is 14.7. The first-order valence-corrected chi connectivity index (χ1v) is 9.66. The summed E-state index contributed by atoms with van der Waals surface area (Å²) in [6, 6.07) is 0. The predicted octanol–water partition coefficient (Wildman–Crippen LogP) is 3.59. The lowest BCUT2D eigenvalue weighted by molar-refractivity contribution is 0.217. The van der Waals surface area contributed by atoms with E-state index in [1.54, 1.807) is 0 Å². The summed E-state index contributed by atoms with van der Waals surface area (Å²) in [5, 5.41) is 9.62. The van der Waals surface area contributed by atoms with Gasteiger partial charge in [0.1, 0.15) is 14.2 Å². The van der Waals surface area contributed by atoms with Crippen molar-refractivity contribution in [2.75, 3.05) is 0 Å². The maximum Gasteiger partial charge on any atom is 0.129 e. The molecular weight excluding hydrogens is 200 g/mol. The lowest BCUT2D eigenvalue weighted by Crippen LogP contribution is -2.17. The average molecular weight is 226 g/mol. The van der Waals surface area contributed by atoms with Gasteiger partial charge in [-0.1, -0.05) is 58.2 Å². The molecular formula is C13H26OSi. The third-order valence-electron chi connectivity index (χ3n) is 2.19. The van der Waals surface area contributed by atoms with Crippen molar-refractivity contribution in [3.05, 3.63) is 0 Å². The molecule has 0 aromatic carbocycles.